The molecule has 0 bridgehead atoms. The molecule has 1 aromatic carbocycles. The Labute approximate surface area is 245 Å². The van der Waals surface area contributed by atoms with Gasteiger partial charge in [-0.1, -0.05) is 29.5 Å². The number of aliphatic carboxylic acids is 1. The molecular weight excluding hydrogens is 536 g/mol. The van der Waals surface area contributed by atoms with Crippen molar-refractivity contribution >= 4 is 38.5 Å². The molecule has 3 aromatic heterocycles. The number of carbonyl (C=O) groups is 1. The zero-order chi connectivity index (χ0) is 28.4. The van der Waals surface area contributed by atoms with E-state index in [9.17, 15) is 9.90 Å². The lowest BCUT2D eigenvalue weighted by Gasteiger charge is -2.24. The molecule has 0 saturated carbocycles. The van der Waals surface area contributed by atoms with Gasteiger partial charge in [0.2, 0.25) is 0 Å². The Bertz CT molecular complexity index is 1410. The first-order valence-corrected chi connectivity index (χ1v) is 15.2. The zero-order valence-electron chi connectivity index (χ0n) is 23.5. The van der Waals surface area contributed by atoms with E-state index < -0.39 is 12.0 Å². The molecular formula is C31H38N6O3S. The molecule has 0 aliphatic carbocycles. The summed E-state index contributed by atoms with van der Waals surface area (Å²) in [5.74, 6) is 0.942. The summed E-state index contributed by atoms with van der Waals surface area (Å²) in [5.41, 5.74) is 4.16. The number of unbranched alkanes of at least 4 members (excludes halogenated alkanes) is 1. The molecule has 3 N–H and O–H groups in total. The third-order valence-corrected chi connectivity index (χ3v) is 8.32. The molecule has 216 valence electrons. The SMILES string of the molecule is Cc1ncccc1OCCN(CCCCc1ccc2c(n1)NCCC2)CC[C@H](Nc1nc2ccccc2s1)C(=O)O. The minimum absolute atomic E-state index is 0.454. The number of anilines is 2. The summed E-state index contributed by atoms with van der Waals surface area (Å²) in [5, 5.41) is 17.2. The normalized spacial score (nSPS) is 13.5. The van der Waals surface area contributed by atoms with Crippen molar-refractivity contribution in [2.24, 2.45) is 0 Å². The van der Waals surface area contributed by atoms with Crippen LogP contribution in [0.3, 0.4) is 0 Å². The second kappa shape index (κ2) is 14.2. The fraction of sp³-hybridized carbons (Fsp3) is 0.419. The number of nitrogens with one attached hydrogen (secondary N) is 2. The Kier molecular flexibility index (Phi) is 9.98. The summed E-state index contributed by atoms with van der Waals surface area (Å²) in [7, 11) is 0. The monoisotopic (exact) mass is 574 g/mol. The average Bonchev–Trinajstić information content (AvgIpc) is 3.40. The van der Waals surface area contributed by atoms with E-state index >= 15 is 0 Å². The molecule has 0 saturated heterocycles. The van der Waals surface area contributed by atoms with Crippen molar-refractivity contribution in [1.82, 2.24) is 19.9 Å². The highest BCUT2D eigenvalue weighted by Crippen LogP contribution is 2.26. The maximum absolute atomic E-state index is 12.1. The van der Waals surface area contributed by atoms with Crippen molar-refractivity contribution in [3.05, 3.63) is 71.7 Å². The van der Waals surface area contributed by atoms with Gasteiger partial charge in [-0.25, -0.2) is 14.8 Å². The van der Waals surface area contributed by atoms with Crippen LogP contribution in [0.5, 0.6) is 5.75 Å². The fourth-order valence-electron chi connectivity index (χ4n) is 5.04. The lowest BCUT2D eigenvalue weighted by molar-refractivity contribution is -0.138. The first-order valence-electron chi connectivity index (χ1n) is 14.4. The molecule has 0 fully saturated rings. The maximum Gasteiger partial charge on any atom is 0.326 e. The number of hydrogen-bond donors (Lipinski definition) is 3. The van der Waals surface area contributed by atoms with E-state index in [2.05, 4.69) is 37.6 Å². The number of rotatable bonds is 15. The van der Waals surface area contributed by atoms with Crippen molar-refractivity contribution < 1.29 is 14.6 Å². The van der Waals surface area contributed by atoms with E-state index in [0.717, 1.165) is 78.4 Å². The number of fused-ring (bicyclic) bond motifs is 2. The van der Waals surface area contributed by atoms with Gasteiger partial charge in [-0.15, -0.1) is 0 Å². The van der Waals surface area contributed by atoms with Gasteiger partial charge in [0.25, 0.3) is 0 Å². The van der Waals surface area contributed by atoms with Crippen LogP contribution in [0, 0.1) is 6.92 Å². The van der Waals surface area contributed by atoms with Gasteiger partial charge < -0.3 is 20.5 Å². The number of aromatic nitrogens is 3. The van der Waals surface area contributed by atoms with Gasteiger partial charge in [-0.3, -0.25) is 9.88 Å². The summed E-state index contributed by atoms with van der Waals surface area (Å²) in [6.45, 7) is 5.61. The van der Waals surface area contributed by atoms with Gasteiger partial charge in [0.1, 0.15) is 24.2 Å². The smallest absolute Gasteiger partial charge is 0.326 e. The number of carboxylic acid groups (broad SMARTS) is 1. The molecule has 10 heteroatoms. The Morgan fingerprint density at radius 1 is 1.12 bits per heavy atom. The molecule has 5 rings (SSSR count). The van der Waals surface area contributed by atoms with Crippen molar-refractivity contribution in [2.75, 3.05) is 43.4 Å². The van der Waals surface area contributed by atoms with E-state index in [1.165, 1.54) is 16.9 Å². The molecule has 4 heterocycles. The van der Waals surface area contributed by atoms with Crippen LogP contribution >= 0.6 is 11.3 Å². The average molecular weight is 575 g/mol. The third kappa shape index (κ3) is 8.14. The van der Waals surface area contributed by atoms with Gasteiger partial charge in [0.05, 0.1) is 15.9 Å². The number of hydrogen-bond acceptors (Lipinski definition) is 9. The van der Waals surface area contributed by atoms with E-state index in [4.69, 9.17) is 9.72 Å². The van der Waals surface area contributed by atoms with Gasteiger partial charge >= 0.3 is 5.97 Å². The molecule has 0 unspecified atom stereocenters. The second-order valence-electron chi connectivity index (χ2n) is 10.4. The lowest BCUT2D eigenvalue weighted by atomic mass is 10.1. The molecule has 1 aliphatic rings. The number of nitrogens with zero attached hydrogens (tertiary/aromatic N) is 4. The minimum Gasteiger partial charge on any atom is -0.490 e. The van der Waals surface area contributed by atoms with Crippen LogP contribution in [0.1, 0.15) is 42.6 Å². The lowest BCUT2D eigenvalue weighted by Crippen LogP contribution is -2.37. The highest BCUT2D eigenvalue weighted by molar-refractivity contribution is 7.22. The molecule has 41 heavy (non-hydrogen) atoms. The summed E-state index contributed by atoms with van der Waals surface area (Å²) in [6, 6.07) is 15.3. The molecule has 0 spiro atoms. The van der Waals surface area contributed by atoms with Crippen LogP contribution in [-0.4, -0.2) is 69.8 Å². The Balaban J connectivity index is 1.16. The molecule has 1 aliphatic heterocycles. The summed E-state index contributed by atoms with van der Waals surface area (Å²) in [4.78, 5) is 28.1. The molecule has 0 radical (unpaired) electrons. The van der Waals surface area contributed by atoms with Crippen molar-refractivity contribution in [1.29, 1.82) is 0 Å². The van der Waals surface area contributed by atoms with Gasteiger partial charge in [-0.05, 0) is 87.9 Å². The van der Waals surface area contributed by atoms with Crippen LogP contribution in [0.4, 0.5) is 10.9 Å². The predicted molar refractivity (Wildman–Crippen MR) is 164 cm³/mol. The van der Waals surface area contributed by atoms with Gasteiger partial charge in [-0.2, -0.15) is 0 Å². The highest BCUT2D eigenvalue weighted by Gasteiger charge is 2.20. The van der Waals surface area contributed by atoms with Gasteiger partial charge in [0.15, 0.2) is 5.13 Å². The topological polar surface area (TPSA) is 113 Å². The Hall–Kier alpha value is -3.76. The van der Waals surface area contributed by atoms with Crippen LogP contribution in [0.15, 0.2) is 54.7 Å². The number of benzene rings is 1. The standard InChI is InChI=1S/C31H38N6O3S/c1-22-27(11-7-16-32-22)40-21-20-37(18-5-4-9-24-14-13-23-8-6-17-33-29(23)34-24)19-15-26(30(38)39)36-31-35-25-10-2-3-12-28(25)41-31/h2-3,7,10-14,16,26H,4-6,8-9,15,17-21H2,1H3,(H,33,34)(H,35,36)(H,38,39)/t26-/m0/s1. The number of aryl methyl sites for hydroxylation is 3. The number of pyridine rings is 2. The fourth-order valence-corrected chi connectivity index (χ4v) is 5.96. The first kappa shape index (κ1) is 28.8. The van der Waals surface area contributed by atoms with Crippen molar-refractivity contribution in [2.45, 2.75) is 51.5 Å². The first-order chi connectivity index (χ1) is 20.0. The number of carboxylic acids is 1. The Morgan fingerprint density at radius 3 is 2.88 bits per heavy atom. The molecule has 9 nitrogen and oxygen atoms in total. The van der Waals surface area contributed by atoms with Crippen molar-refractivity contribution in [3.8, 4) is 5.75 Å². The third-order valence-electron chi connectivity index (χ3n) is 7.36. The minimum atomic E-state index is -0.876. The zero-order valence-corrected chi connectivity index (χ0v) is 24.3. The van der Waals surface area contributed by atoms with Crippen LogP contribution in [0.25, 0.3) is 10.2 Å². The van der Waals surface area contributed by atoms with E-state index in [-0.39, 0.29) is 0 Å². The van der Waals surface area contributed by atoms with Crippen LogP contribution in [0.2, 0.25) is 0 Å². The second-order valence-corrected chi connectivity index (χ2v) is 11.4. The number of thiazole rings is 1. The molecule has 4 aromatic rings. The predicted octanol–water partition coefficient (Wildman–Crippen LogP) is 5.41. The number of ether oxygens (including phenoxy) is 1. The van der Waals surface area contributed by atoms with E-state index in [1.54, 1.807) is 6.20 Å². The maximum atomic E-state index is 12.1. The van der Waals surface area contributed by atoms with Gasteiger partial charge in [0, 0.05) is 31.5 Å². The Morgan fingerprint density at radius 2 is 2.02 bits per heavy atom. The quantitative estimate of drug-likeness (QED) is 0.160. The molecule has 1 atom stereocenters. The van der Waals surface area contributed by atoms with Crippen molar-refractivity contribution in [3.63, 3.8) is 0 Å². The van der Waals surface area contributed by atoms with Crippen LogP contribution < -0.4 is 15.4 Å². The molecule has 0 amide bonds. The number of para-hydroxylation sites is 1. The summed E-state index contributed by atoms with van der Waals surface area (Å²) >= 11 is 1.48. The summed E-state index contributed by atoms with van der Waals surface area (Å²) < 4.78 is 7.05. The highest BCUT2D eigenvalue weighted by atomic mass is 32.1. The van der Waals surface area contributed by atoms with Crippen LogP contribution in [-0.2, 0) is 17.6 Å². The summed E-state index contributed by atoms with van der Waals surface area (Å²) in [6.07, 6.45) is 7.38. The van der Waals surface area contributed by atoms with E-state index in [0.29, 0.717) is 31.2 Å². The largest absolute Gasteiger partial charge is 0.490 e. The van der Waals surface area contributed by atoms with E-state index in [1.807, 2.05) is 43.3 Å².